The molecule has 0 aliphatic heterocycles. The first-order valence-corrected chi connectivity index (χ1v) is 4.91. The number of hydrogen-bond acceptors (Lipinski definition) is 1. The zero-order valence-corrected chi connectivity index (χ0v) is 8.03. The Bertz CT molecular complexity index is 625. The summed E-state index contributed by atoms with van der Waals surface area (Å²) in [6, 6.07) is 5.69. The van der Waals surface area contributed by atoms with E-state index in [1.807, 2.05) is 6.07 Å². The highest BCUT2D eigenvalue weighted by Gasteiger charge is 2.26. The molecule has 1 N–H and O–H groups in total. The maximum absolute atomic E-state index is 11.6. The van der Waals surface area contributed by atoms with Crippen LogP contribution in [-0.2, 0) is 0 Å². The van der Waals surface area contributed by atoms with Crippen LogP contribution in [-0.4, -0.2) is 9.55 Å². The van der Waals surface area contributed by atoms with Gasteiger partial charge in [0, 0.05) is 6.04 Å². The predicted molar refractivity (Wildman–Crippen MR) is 57.1 cm³/mol. The third-order valence-electron chi connectivity index (χ3n) is 2.74. The van der Waals surface area contributed by atoms with Gasteiger partial charge in [0.15, 0.2) is 5.69 Å². The lowest BCUT2D eigenvalue weighted by molar-refractivity contribution is 0.733. The maximum atomic E-state index is 11.6. The summed E-state index contributed by atoms with van der Waals surface area (Å²) in [6.45, 7) is 6.90. The largest absolute Gasteiger partial charge is 0.326 e. The molecule has 74 valence electrons. The summed E-state index contributed by atoms with van der Waals surface area (Å²) in [5.74, 6) is 0. The van der Waals surface area contributed by atoms with Crippen molar-refractivity contribution in [1.82, 2.24) is 9.55 Å². The number of aromatic nitrogens is 2. The third kappa shape index (κ3) is 1.17. The van der Waals surface area contributed by atoms with Crippen LogP contribution in [0.3, 0.4) is 0 Å². The normalized spacial score (nSPS) is 15.4. The minimum atomic E-state index is -0.0605. The quantitative estimate of drug-likeness (QED) is 0.703. The second kappa shape index (κ2) is 2.74. The molecule has 1 aromatic heterocycles. The second-order valence-electron chi connectivity index (χ2n) is 3.84. The molecule has 1 aromatic carbocycles. The van der Waals surface area contributed by atoms with Crippen molar-refractivity contribution in [2.45, 2.75) is 18.9 Å². The molecule has 0 spiro atoms. The van der Waals surface area contributed by atoms with Gasteiger partial charge < -0.3 is 4.98 Å². The molecule has 1 heterocycles. The van der Waals surface area contributed by atoms with Gasteiger partial charge in [0.05, 0.1) is 17.6 Å². The Labute approximate surface area is 86.0 Å². The lowest BCUT2D eigenvalue weighted by Crippen LogP contribution is -2.14. The summed E-state index contributed by atoms with van der Waals surface area (Å²) in [5.41, 5.74) is 2.18. The van der Waals surface area contributed by atoms with Gasteiger partial charge in [-0.1, -0.05) is 6.07 Å². The van der Waals surface area contributed by atoms with Gasteiger partial charge in [-0.15, -0.1) is 0 Å². The Kier molecular flexibility index (Phi) is 1.51. The van der Waals surface area contributed by atoms with Crippen molar-refractivity contribution in [3.05, 3.63) is 40.1 Å². The molecule has 4 nitrogen and oxygen atoms in total. The van der Waals surface area contributed by atoms with E-state index >= 15 is 0 Å². The molecule has 0 saturated heterocycles. The Morgan fingerprint density at radius 3 is 2.93 bits per heavy atom. The van der Waals surface area contributed by atoms with Crippen molar-refractivity contribution in [2.75, 3.05) is 0 Å². The minimum Gasteiger partial charge on any atom is -0.307 e. The average Bonchev–Trinajstić information content (AvgIpc) is 3.00. The molecule has 0 atom stereocenters. The molecule has 0 radical (unpaired) electrons. The molecule has 1 saturated carbocycles. The van der Waals surface area contributed by atoms with Crippen molar-refractivity contribution in [3.8, 4) is 0 Å². The van der Waals surface area contributed by atoms with Crippen LogP contribution >= 0.6 is 0 Å². The fourth-order valence-electron chi connectivity index (χ4n) is 1.88. The topological polar surface area (TPSA) is 42.1 Å². The van der Waals surface area contributed by atoms with E-state index < -0.39 is 0 Å². The SMILES string of the molecule is [C-]#[N+]c1ccc2c(c1)[nH]c(=O)n2C1CC1. The molecule has 4 heteroatoms. The number of nitrogens with one attached hydrogen (secondary N) is 1. The van der Waals surface area contributed by atoms with E-state index in [0.29, 0.717) is 11.7 Å². The molecule has 0 bridgehead atoms. The summed E-state index contributed by atoms with van der Waals surface area (Å²) in [5, 5.41) is 0. The van der Waals surface area contributed by atoms with Gasteiger partial charge in [0.2, 0.25) is 0 Å². The Morgan fingerprint density at radius 1 is 1.47 bits per heavy atom. The van der Waals surface area contributed by atoms with Gasteiger partial charge in [0.1, 0.15) is 0 Å². The van der Waals surface area contributed by atoms with Crippen LogP contribution in [0.2, 0.25) is 0 Å². The van der Waals surface area contributed by atoms with Crippen LogP contribution in [0.4, 0.5) is 5.69 Å². The highest BCUT2D eigenvalue weighted by atomic mass is 16.1. The molecule has 1 aliphatic rings. The van der Waals surface area contributed by atoms with Crippen molar-refractivity contribution in [1.29, 1.82) is 0 Å². The van der Waals surface area contributed by atoms with E-state index in [-0.39, 0.29) is 5.69 Å². The Morgan fingerprint density at radius 2 is 2.27 bits per heavy atom. The predicted octanol–water partition coefficient (Wildman–Crippen LogP) is 2.22. The summed E-state index contributed by atoms with van der Waals surface area (Å²) in [7, 11) is 0. The van der Waals surface area contributed by atoms with Crippen molar-refractivity contribution in [2.24, 2.45) is 0 Å². The van der Waals surface area contributed by atoms with Gasteiger partial charge in [-0.25, -0.2) is 9.64 Å². The number of aromatic amines is 1. The second-order valence-corrected chi connectivity index (χ2v) is 3.84. The van der Waals surface area contributed by atoms with Crippen molar-refractivity contribution < 1.29 is 0 Å². The van der Waals surface area contributed by atoms with Gasteiger partial charge >= 0.3 is 5.69 Å². The molecule has 1 aliphatic carbocycles. The zero-order valence-electron chi connectivity index (χ0n) is 8.03. The van der Waals surface area contributed by atoms with E-state index in [1.165, 1.54) is 0 Å². The molecule has 2 aromatic rings. The number of hydrogen-bond donors (Lipinski definition) is 1. The van der Waals surface area contributed by atoms with Crippen LogP contribution in [0.25, 0.3) is 15.9 Å². The molecule has 0 unspecified atom stereocenters. The third-order valence-corrected chi connectivity index (χ3v) is 2.74. The standard InChI is InChI=1S/C11H9N3O/c1-12-7-2-5-10-9(6-7)13-11(15)14(10)8-3-4-8/h2,5-6,8H,3-4H2,(H,13,15). The lowest BCUT2D eigenvalue weighted by Gasteiger charge is -1.98. The molecular formula is C11H9N3O. The van der Waals surface area contributed by atoms with Crippen molar-refractivity contribution >= 4 is 16.7 Å². The maximum Gasteiger partial charge on any atom is 0.326 e. The Hall–Kier alpha value is -2.02. The molecule has 0 amide bonds. The van der Waals surface area contributed by atoms with Crippen molar-refractivity contribution in [3.63, 3.8) is 0 Å². The van der Waals surface area contributed by atoms with Crippen LogP contribution in [0.15, 0.2) is 23.0 Å². The van der Waals surface area contributed by atoms with Gasteiger partial charge in [-0.05, 0) is 25.0 Å². The number of fused-ring (bicyclic) bond motifs is 1. The molecule has 1 fully saturated rings. The summed E-state index contributed by atoms with van der Waals surface area (Å²) < 4.78 is 1.79. The van der Waals surface area contributed by atoms with Crippen LogP contribution in [0, 0.1) is 6.57 Å². The minimum absolute atomic E-state index is 0.0605. The monoisotopic (exact) mass is 199 g/mol. The number of nitrogens with zero attached hydrogens (tertiary/aromatic N) is 2. The summed E-state index contributed by atoms with van der Waals surface area (Å²) in [4.78, 5) is 17.8. The van der Waals surface area contributed by atoms with Gasteiger partial charge in [-0.3, -0.25) is 4.57 Å². The Balaban J connectivity index is 2.33. The van der Waals surface area contributed by atoms with E-state index in [0.717, 1.165) is 23.9 Å². The number of rotatable bonds is 1. The van der Waals surface area contributed by atoms with Gasteiger partial charge in [-0.2, -0.15) is 0 Å². The molecule has 3 rings (SSSR count). The van der Waals surface area contributed by atoms with Crippen LogP contribution in [0.5, 0.6) is 0 Å². The zero-order chi connectivity index (χ0) is 10.4. The highest BCUT2D eigenvalue weighted by molar-refractivity contribution is 5.80. The molecule has 15 heavy (non-hydrogen) atoms. The summed E-state index contributed by atoms with van der Waals surface area (Å²) in [6.07, 6.45) is 2.16. The van der Waals surface area contributed by atoms with Crippen LogP contribution in [0.1, 0.15) is 18.9 Å². The van der Waals surface area contributed by atoms with E-state index in [2.05, 4.69) is 9.83 Å². The first-order valence-electron chi connectivity index (χ1n) is 4.91. The number of H-pyrrole nitrogens is 1. The van der Waals surface area contributed by atoms with E-state index in [4.69, 9.17) is 6.57 Å². The first kappa shape index (κ1) is 8.30. The number of benzene rings is 1. The number of imidazole rings is 1. The van der Waals surface area contributed by atoms with Gasteiger partial charge in [0.25, 0.3) is 0 Å². The molecular weight excluding hydrogens is 190 g/mol. The smallest absolute Gasteiger partial charge is 0.307 e. The van der Waals surface area contributed by atoms with E-state index in [1.54, 1.807) is 16.7 Å². The lowest BCUT2D eigenvalue weighted by atomic mass is 10.3. The van der Waals surface area contributed by atoms with E-state index in [9.17, 15) is 4.79 Å². The first-order chi connectivity index (χ1) is 7.29. The van der Waals surface area contributed by atoms with Crippen LogP contribution < -0.4 is 5.69 Å². The average molecular weight is 199 g/mol. The fourth-order valence-corrected chi connectivity index (χ4v) is 1.88. The highest BCUT2D eigenvalue weighted by Crippen LogP contribution is 2.36. The summed E-state index contributed by atoms with van der Waals surface area (Å²) >= 11 is 0. The fraction of sp³-hybridized carbons (Fsp3) is 0.273.